The molecule has 1 aromatic heterocycles. The van der Waals surface area contributed by atoms with E-state index in [4.69, 9.17) is 17.2 Å². The number of hydrogen-bond donors (Lipinski definition) is 3. The highest BCUT2D eigenvalue weighted by atomic mass is 15.3. The van der Waals surface area contributed by atoms with E-state index >= 15 is 0 Å². The van der Waals surface area contributed by atoms with E-state index in [2.05, 4.69) is 5.10 Å². The van der Waals surface area contributed by atoms with Crippen LogP contribution in [0.25, 0.3) is 5.69 Å². The molecule has 1 aromatic carbocycles. The van der Waals surface area contributed by atoms with Gasteiger partial charge in [0.15, 0.2) is 0 Å². The van der Waals surface area contributed by atoms with Crippen molar-refractivity contribution in [2.45, 2.75) is 0 Å². The first kappa shape index (κ1) is 8.43. The third-order valence-corrected chi connectivity index (χ3v) is 1.97. The fraction of sp³-hybridized carbons (Fsp3) is 0. The van der Waals surface area contributed by atoms with E-state index in [1.807, 2.05) is 12.1 Å². The predicted octanol–water partition coefficient (Wildman–Crippen LogP) is 0.619. The Morgan fingerprint density at radius 2 is 1.64 bits per heavy atom. The maximum absolute atomic E-state index is 5.72. The second-order valence-corrected chi connectivity index (χ2v) is 2.99. The van der Waals surface area contributed by atoms with Crippen LogP contribution in [0.1, 0.15) is 0 Å². The maximum Gasteiger partial charge on any atom is 0.150 e. The van der Waals surface area contributed by atoms with Gasteiger partial charge in [-0.3, -0.25) is 0 Å². The van der Waals surface area contributed by atoms with Crippen LogP contribution in [0.15, 0.2) is 30.5 Å². The number of anilines is 3. The van der Waals surface area contributed by atoms with Crippen LogP contribution < -0.4 is 17.2 Å². The Kier molecular flexibility index (Phi) is 1.78. The minimum absolute atomic E-state index is 0.440. The van der Waals surface area contributed by atoms with Crippen molar-refractivity contribution < 1.29 is 0 Å². The Balaban J connectivity index is 2.49. The zero-order valence-corrected chi connectivity index (χ0v) is 7.51. The highest BCUT2D eigenvalue weighted by Crippen LogP contribution is 2.18. The second kappa shape index (κ2) is 2.95. The molecule has 0 saturated carbocycles. The van der Waals surface area contributed by atoms with Gasteiger partial charge < -0.3 is 17.2 Å². The molecule has 0 unspecified atom stereocenters. The van der Waals surface area contributed by atoms with E-state index in [0.717, 1.165) is 5.69 Å². The minimum Gasteiger partial charge on any atom is -0.399 e. The van der Waals surface area contributed by atoms with E-state index < -0.39 is 0 Å². The van der Waals surface area contributed by atoms with Gasteiger partial charge in [-0.05, 0) is 24.3 Å². The summed E-state index contributed by atoms with van der Waals surface area (Å²) >= 11 is 0. The van der Waals surface area contributed by atoms with E-state index in [1.54, 1.807) is 16.8 Å². The molecule has 6 N–H and O–H groups in total. The van der Waals surface area contributed by atoms with Gasteiger partial charge in [0.25, 0.3) is 0 Å². The van der Waals surface area contributed by atoms with Gasteiger partial charge in [0, 0.05) is 5.69 Å². The van der Waals surface area contributed by atoms with E-state index in [0.29, 0.717) is 17.2 Å². The largest absolute Gasteiger partial charge is 0.399 e. The highest BCUT2D eigenvalue weighted by molar-refractivity contribution is 5.61. The van der Waals surface area contributed by atoms with Crippen molar-refractivity contribution in [3.8, 4) is 5.69 Å². The summed E-state index contributed by atoms with van der Waals surface area (Å²) in [5.74, 6) is 0.440. The summed E-state index contributed by atoms with van der Waals surface area (Å²) in [7, 11) is 0. The monoisotopic (exact) mass is 189 g/mol. The molecule has 0 spiro atoms. The van der Waals surface area contributed by atoms with Crippen LogP contribution in [-0.4, -0.2) is 9.78 Å². The van der Waals surface area contributed by atoms with E-state index in [9.17, 15) is 0 Å². The third kappa shape index (κ3) is 1.24. The Labute approximate surface area is 81.1 Å². The average molecular weight is 189 g/mol. The first-order valence-electron chi connectivity index (χ1n) is 4.13. The molecule has 0 aliphatic rings. The molecule has 2 aromatic rings. The molecule has 0 saturated heterocycles. The van der Waals surface area contributed by atoms with Crippen LogP contribution in [0.2, 0.25) is 0 Å². The van der Waals surface area contributed by atoms with Gasteiger partial charge in [-0.25, -0.2) is 4.68 Å². The molecule has 72 valence electrons. The Bertz CT molecular complexity index is 443. The molecule has 14 heavy (non-hydrogen) atoms. The lowest BCUT2D eigenvalue weighted by Gasteiger charge is -2.03. The fourth-order valence-electron chi connectivity index (χ4n) is 1.19. The van der Waals surface area contributed by atoms with Crippen molar-refractivity contribution in [2.75, 3.05) is 17.2 Å². The molecule has 5 heteroatoms. The number of nitrogen functional groups attached to an aromatic ring is 3. The molecule has 0 radical (unpaired) electrons. The fourth-order valence-corrected chi connectivity index (χ4v) is 1.19. The average Bonchev–Trinajstić information content (AvgIpc) is 2.50. The first-order chi connectivity index (χ1) is 6.68. The van der Waals surface area contributed by atoms with Gasteiger partial charge in [-0.2, -0.15) is 5.10 Å². The smallest absolute Gasteiger partial charge is 0.150 e. The number of rotatable bonds is 1. The summed E-state index contributed by atoms with van der Waals surface area (Å²) in [5.41, 5.74) is 18.9. The van der Waals surface area contributed by atoms with E-state index in [1.165, 1.54) is 6.20 Å². The van der Waals surface area contributed by atoms with Gasteiger partial charge >= 0.3 is 0 Å². The van der Waals surface area contributed by atoms with Crippen LogP contribution in [0.4, 0.5) is 17.2 Å². The van der Waals surface area contributed by atoms with Crippen LogP contribution in [-0.2, 0) is 0 Å². The molecular formula is C9H11N5. The van der Waals surface area contributed by atoms with Crippen LogP contribution in [0.3, 0.4) is 0 Å². The lowest BCUT2D eigenvalue weighted by Crippen LogP contribution is -2.03. The molecule has 0 aliphatic carbocycles. The Morgan fingerprint density at radius 1 is 1.00 bits per heavy atom. The Hall–Kier alpha value is -2.17. The molecule has 0 fully saturated rings. The summed E-state index contributed by atoms with van der Waals surface area (Å²) < 4.78 is 1.56. The summed E-state index contributed by atoms with van der Waals surface area (Å²) in [5, 5.41) is 4.04. The zero-order valence-electron chi connectivity index (χ0n) is 7.51. The molecule has 1 heterocycles. The van der Waals surface area contributed by atoms with Crippen LogP contribution in [0.5, 0.6) is 0 Å². The quantitative estimate of drug-likeness (QED) is 0.573. The van der Waals surface area contributed by atoms with Gasteiger partial charge in [0.1, 0.15) is 5.82 Å². The number of aromatic nitrogens is 2. The van der Waals surface area contributed by atoms with E-state index in [-0.39, 0.29) is 0 Å². The number of hydrogen-bond acceptors (Lipinski definition) is 4. The van der Waals surface area contributed by atoms with Crippen LogP contribution >= 0.6 is 0 Å². The minimum atomic E-state index is 0.440. The number of nitrogens with two attached hydrogens (primary N) is 3. The summed E-state index contributed by atoms with van der Waals surface area (Å²) in [6.45, 7) is 0. The molecule has 5 nitrogen and oxygen atoms in total. The van der Waals surface area contributed by atoms with Gasteiger partial charge in [-0.1, -0.05) is 0 Å². The SMILES string of the molecule is Nc1ccc(-n2ncc(N)c2N)cc1. The standard InChI is InChI=1S/C9H11N5/c10-6-1-3-7(4-2-6)14-9(12)8(11)5-13-14/h1-5H,10-12H2. The molecule has 0 amide bonds. The molecule has 2 rings (SSSR count). The van der Waals surface area contributed by atoms with Gasteiger partial charge in [0.05, 0.1) is 17.6 Å². The van der Waals surface area contributed by atoms with Gasteiger partial charge in [0.2, 0.25) is 0 Å². The zero-order chi connectivity index (χ0) is 10.1. The van der Waals surface area contributed by atoms with Crippen molar-refractivity contribution in [3.63, 3.8) is 0 Å². The van der Waals surface area contributed by atoms with Crippen LogP contribution in [0, 0.1) is 0 Å². The first-order valence-corrected chi connectivity index (χ1v) is 4.13. The summed E-state index contributed by atoms with van der Waals surface area (Å²) in [6.07, 6.45) is 1.52. The van der Waals surface area contributed by atoms with Crippen molar-refractivity contribution in [2.24, 2.45) is 0 Å². The highest BCUT2D eigenvalue weighted by Gasteiger charge is 2.04. The lowest BCUT2D eigenvalue weighted by atomic mass is 10.3. The molecular weight excluding hydrogens is 178 g/mol. The maximum atomic E-state index is 5.72. The van der Waals surface area contributed by atoms with Crippen molar-refractivity contribution in [1.82, 2.24) is 9.78 Å². The topological polar surface area (TPSA) is 95.9 Å². The number of benzene rings is 1. The normalized spacial score (nSPS) is 10.3. The third-order valence-electron chi connectivity index (χ3n) is 1.97. The summed E-state index contributed by atoms with van der Waals surface area (Å²) in [4.78, 5) is 0. The van der Waals surface area contributed by atoms with Gasteiger partial charge in [-0.15, -0.1) is 0 Å². The predicted molar refractivity (Wildman–Crippen MR) is 56.8 cm³/mol. The molecule has 0 atom stereocenters. The second-order valence-electron chi connectivity index (χ2n) is 2.99. The molecule has 0 aliphatic heterocycles. The summed E-state index contributed by atoms with van der Waals surface area (Å²) in [6, 6.07) is 7.23. The lowest BCUT2D eigenvalue weighted by molar-refractivity contribution is 0.891. The molecule has 0 bridgehead atoms. The van der Waals surface area contributed by atoms with Crippen molar-refractivity contribution in [3.05, 3.63) is 30.5 Å². The van der Waals surface area contributed by atoms with Crippen molar-refractivity contribution in [1.29, 1.82) is 0 Å². The number of nitrogens with zero attached hydrogens (tertiary/aromatic N) is 2. The van der Waals surface area contributed by atoms with Crippen molar-refractivity contribution >= 4 is 17.2 Å². The Morgan fingerprint density at radius 3 is 2.14 bits per heavy atom.